The van der Waals surface area contributed by atoms with E-state index in [2.05, 4.69) is 11.4 Å². The maximum absolute atomic E-state index is 12.4. The van der Waals surface area contributed by atoms with Crippen LogP contribution in [0.4, 0.5) is 4.79 Å². The number of piperidine rings is 1. The van der Waals surface area contributed by atoms with Gasteiger partial charge in [0.25, 0.3) is 0 Å². The molecule has 0 saturated carbocycles. The van der Waals surface area contributed by atoms with E-state index in [9.17, 15) is 4.79 Å². The summed E-state index contributed by atoms with van der Waals surface area (Å²) in [5.74, 6) is 1.54. The monoisotopic (exact) mass is 346 g/mol. The highest BCUT2D eigenvalue weighted by atomic mass is 16.5. The van der Waals surface area contributed by atoms with E-state index >= 15 is 0 Å². The SMILES string of the molecule is CCOc1ccccc1CCNC(=O)N1CCC([C@@H]2CCCO2)CC1. The van der Waals surface area contributed by atoms with Crippen molar-refractivity contribution in [3.63, 3.8) is 0 Å². The van der Waals surface area contributed by atoms with E-state index in [1.165, 1.54) is 12.8 Å². The average Bonchev–Trinajstić information content (AvgIpc) is 3.18. The summed E-state index contributed by atoms with van der Waals surface area (Å²) in [6.45, 7) is 5.86. The van der Waals surface area contributed by atoms with Gasteiger partial charge in [0.2, 0.25) is 0 Å². The number of rotatable bonds is 6. The van der Waals surface area contributed by atoms with Gasteiger partial charge in [-0.2, -0.15) is 0 Å². The molecule has 5 heteroatoms. The number of hydrogen-bond donors (Lipinski definition) is 1. The van der Waals surface area contributed by atoms with Crippen molar-refractivity contribution in [2.45, 2.75) is 45.1 Å². The predicted molar refractivity (Wildman–Crippen MR) is 98.0 cm³/mol. The largest absolute Gasteiger partial charge is 0.494 e. The fourth-order valence-corrected chi connectivity index (χ4v) is 3.87. The molecule has 2 amide bonds. The molecule has 3 rings (SSSR count). The van der Waals surface area contributed by atoms with Crippen LogP contribution in [0.3, 0.4) is 0 Å². The fraction of sp³-hybridized carbons (Fsp3) is 0.650. The van der Waals surface area contributed by atoms with Gasteiger partial charge >= 0.3 is 6.03 Å². The zero-order valence-electron chi connectivity index (χ0n) is 15.2. The van der Waals surface area contributed by atoms with Crippen LogP contribution in [0, 0.1) is 5.92 Å². The molecule has 0 aromatic heterocycles. The molecule has 2 heterocycles. The Labute approximate surface area is 150 Å². The Balaban J connectivity index is 1.40. The van der Waals surface area contributed by atoms with Crippen LogP contribution in [0.1, 0.15) is 38.2 Å². The standard InChI is InChI=1S/C20H30N2O3/c1-2-24-18-7-4-3-6-16(18)9-12-21-20(23)22-13-10-17(11-14-22)19-8-5-15-25-19/h3-4,6-7,17,19H,2,5,8-15H2,1H3,(H,21,23)/t19-/m0/s1. The van der Waals surface area contributed by atoms with Crippen LogP contribution >= 0.6 is 0 Å². The smallest absolute Gasteiger partial charge is 0.317 e. The molecule has 25 heavy (non-hydrogen) atoms. The molecule has 0 aliphatic carbocycles. The van der Waals surface area contributed by atoms with E-state index in [1.54, 1.807) is 0 Å². The summed E-state index contributed by atoms with van der Waals surface area (Å²) in [7, 11) is 0. The summed E-state index contributed by atoms with van der Waals surface area (Å²) in [6.07, 6.45) is 5.72. The van der Waals surface area contributed by atoms with Crippen LogP contribution in [0.25, 0.3) is 0 Å². The van der Waals surface area contributed by atoms with Gasteiger partial charge in [-0.15, -0.1) is 0 Å². The summed E-state index contributed by atoms with van der Waals surface area (Å²) < 4.78 is 11.4. The van der Waals surface area contributed by atoms with Crippen LogP contribution in [0.2, 0.25) is 0 Å². The van der Waals surface area contributed by atoms with Crippen molar-refractivity contribution in [1.82, 2.24) is 10.2 Å². The van der Waals surface area contributed by atoms with E-state index in [-0.39, 0.29) is 6.03 Å². The molecule has 2 aliphatic rings. The molecular formula is C20H30N2O3. The van der Waals surface area contributed by atoms with E-state index in [0.717, 1.165) is 50.3 Å². The lowest BCUT2D eigenvalue weighted by atomic mass is 9.90. The number of amides is 2. The molecule has 0 radical (unpaired) electrons. The van der Waals surface area contributed by atoms with Gasteiger partial charge < -0.3 is 19.7 Å². The second-order valence-corrected chi connectivity index (χ2v) is 6.90. The molecule has 5 nitrogen and oxygen atoms in total. The third kappa shape index (κ3) is 4.88. The summed E-state index contributed by atoms with van der Waals surface area (Å²) >= 11 is 0. The molecule has 1 atom stereocenters. The van der Waals surface area contributed by atoms with Crippen molar-refractivity contribution in [1.29, 1.82) is 0 Å². The lowest BCUT2D eigenvalue weighted by molar-refractivity contribution is 0.0373. The van der Waals surface area contributed by atoms with Gasteiger partial charge in [0.1, 0.15) is 5.75 Å². The molecule has 0 unspecified atom stereocenters. The zero-order chi connectivity index (χ0) is 17.5. The highest BCUT2D eigenvalue weighted by molar-refractivity contribution is 5.74. The first kappa shape index (κ1) is 18.1. The van der Waals surface area contributed by atoms with Crippen molar-refractivity contribution >= 4 is 6.03 Å². The number of carbonyl (C=O) groups is 1. The zero-order valence-corrected chi connectivity index (χ0v) is 15.2. The lowest BCUT2D eigenvalue weighted by Crippen LogP contribution is -2.46. The first-order valence-corrected chi connectivity index (χ1v) is 9.63. The normalized spacial score (nSPS) is 21.3. The van der Waals surface area contributed by atoms with Crippen molar-refractivity contribution in [3.05, 3.63) is 29.8 Å². The molecule has 2 fully saturated rings. The molecule has 1 aromatic rings. The van der Waals surface area contributed by atoms with Gasteiger partial charge in [-0.25, -0.2) is 4.79 Å². The van der Waals surface area contributed by atoms with Crippen LogP contribution in [0.5, 0.6) is 5.75 Å². The molecule has 2 aliphatic heterocycles. The highest BCUT2D eigenvalue weighted by Gasteiger charge is 2.30. The minimum atomic E-state index is 0.0553. The molecule has 1 aromatic carbocycles. The molecule has 0 bridgehead atoms. The van der Waals surface area contributed by atoms with Crippen LogP contribution in [0.15, 0.2) is 24.3 Å². The predicted octanol–water partition coefficient (Wildman–Crippen LogP) is 3.23. The van der Waals surface area contributed by atoms with E-state index in [1.807, 2.05) is 30.0 Å². The number of likely N-dealkylation sites (tertiary alicyclic amines) is 1. The molecule has 1 N–H and O–H groups in total. The van der Waals surface area contributed by atoms with Gasteiger partial charge in [0, 0.05) is 26.2 Å². The Bertz CT molecular complexity index is 550. The molecular weight excluding hydrogens is 316 g/mol. The number of nitrogens with one attached hydrogen (secondary N) is 1. The Morgan fingerprint density at radius 3 is 2.80 bits per heavy atom. The lowest BCUT2D eigenvalue weighted by Gasteiger charge is -2.34. The van der Waals surface area contributed by atoms with Gasteiger partial charge in [0.15, 0.2) is 0 Å². The maximum atomic E-state index is 12.4. The highest BCUT2D eigenvalue weighted by Crippen LogP contribution is 2.28. The summed E-state index contributed by atoms with van der Waals surface area (Å²) in [6, 6.07) is 8.08. The minimum Gasteiger partial charge on any atom is -0.494 e. The minimum absolute atomic E-state index is 0.0553. The fourth-order valence-electron chi connectivity index (χ4n) is 3.87. The van der Waals surface area contributed by atoms with Crippen molar-refractivity contribution < 1.29 is 14.3 Å². The van der Waals surface area contributed by atoms with Crippen molar-refractivity contribution in [3.8, 4) is 5.75 Å². The third-order valence-corrected chi connectivity index (χ3v) is 5.26. The van der Waals surface area contributed by atoms with Gasteiger partial charge in [-0.1, -0.05) is 18.2 Å². The van der Waals surface area contributed by atoms with E-state index in [4.69, 9.17) is 9.47 Å². The van der Waals surface area contributed by atoms with Crippen molar-refractivity contribution in [2.24, 2.45) is 5.92 Å². The molecule has 0 spiro atoms. The number of hydrogen-bond acceptors (Lipinski definition) is 3. The van der Waals surface area contributed by atoms with Gasteiger partial charge in [0.05, 0.1) is 12.7 Å². The quantitative estimate of drug-likeness (QED) is 0.860. The molecule has 138 valence electrons. The third-order valence-electron chi connectivity index (χ3n) is 5.26. The van der Waals surface area contributed by atoms with Crippen LogP contribution in [-0.2, 0) is 11.2 Å². The second kappa shape index (κ2) is 9.09. The Morgan fingerprint density at radius 1 is 1.28 bits per heavy atom. The average molecular weight is 346 g/mol. The van der Waals surface area contributed by atoms with E-state index in [0.29, 0.717) is 25.2 Å². The van der Waals surface area contributed by atoms with Crippen molar-refractivity contribution in [2.75, 3.05) is 32.8 Å². The summed E-state index contributed by atoms with van der Waals surface area (Å²) in [5, 5.41) is 3.05. The Morgan fingerprint density at radius 2 is 2.08 bits per heavy atom. The molecule has 2 saturated heterocycles. The number of benzene rings is 1. The number of ether oxygens (including phenoxy) is 2. The van der Waals surface area contributed by atoms with Crippen LogP contribution < -0.4 is 10.1 Å². The first-order chi connectivity index (χ1) is 12.3. The topological polar surface area (TPSA) is 50.8 Å². The first-order valence-electron chi connectivity index (χ1n) is 9.63. The Kier molecular flexibility index (Phi) is 6.56. The van der Waals surface area contributed by atoms with Gasteiger partial charge in [-0.05, 0) is 56.6 Å². The van der Waals surface area contributed by atoms with Crippen LogP contribution in [-0.4, -0.2) is 49.9 Å². The number of carbonyl (C=O) groups excluding carboxylic acids is 1. The maximum Gasteiger partial charge on any atom is 0.317 e. The number of nitrogens with zero attached hydrogens (tertiary/aromatic N) is 1. The van der Waals surface area contributed by atoms with E-state index < -0.39 is 0 Å². The van der Waals surface area contributed by atoms with Gasteiger partial charge in [-0.3, -0.25) is 0 Å². The number of urea groups is 1. The second-order valence-electron chi connectivity index (χ2n) is 6.90. The summed E-state index contributed by atoms with van der Waals surface area (Å²) in [4.78, 5) is 14.3. The Hall–Kier alpha value is -1.75. The summed E-state index contributed by atoms with van der Waals surface area (Å²) in [5.41, 5.74) is 1.14. The number of para-hydroxylation sites is 1.